The van der Waals surface area contributed by atoms with Gasteiger partial charge in [0.05, 0.1) is 20.8 Å². The number of phenolic OH excluding ortho intramolecular Hbond substituents is 1. The van der Waals surface area contributed by atoms with Gasteiger partial charge in [0, 0.05) is 18.7 Å². The number of aromatic hydroxyl groups is 1. The van der Waals surface area contributed by atoms with Gasteiger partial charge in [0.2, 0.25) is 0 Å². The molecule has 0 aliphatic heterocycles. The molecular weight excluding hydrogens is 445 g/mol. The standard InChI is InChI=1S/C19H25N3O3.HI/c1-4-20-19(21-12-14-8-10-16(24-2)11-9-14)22-13-15-6-5-7-17(25-3)18(15)23;/h5-11,23H,4,12-13H2,1-3H3,(H2,20,21,22);1H. The fourth-order valence-corrected chi connectivity index (χ4v) is 2.30. The van der Waals surface area contributed by atoms with E-state index in [1.54, 1.807) is 13.2 Å². The van der Waals surface area contributed by atoms with E-state index in [9.17, 15) is 5.11 Å². The first kappa shape index (κ1) is 21.9. The quantitative estimate of drug-likeness (QED) is 0.329. The third-order valence-electron chi connectivity index (χ3n) is 3.67. The Kier molecular flexibility index (Phi) is 9.64. The summed E-state index contributed by atoms with van der Waals surface area (Å²) in [6.07, 6.45) is 0. The Hall–Kier alpha value is -2.16. The Balaban J connectivity index is 0.00000338. The second-order valence-electron chi connectivity index (χ2n) is 5.36. The number of rotatable bonds is 7. The number of phenols is 1. The Bertz CT molecular complexity index is 706. The highest BCUT2D eigenvalue weighted by Crippen LogP contribution is 2.29. The van der Waals surface area contributed by atoms with Gasteiger partial charge in [-0.05, 0) is 30.7 Å². The lowest BCUT2D eigenvalue weighted by Gasteiger charge is -2.13. The molecule has 2 aromatic carbocycles. The number of nitrogens with zero attached hydrogens (tertiary/aromatic N) is 1. The topological polar surface area (TPSA) is 75.1 Å². The molecule has 2 rings (SSSR count). The number of guanidine groups is 1. The van der Waals surface area contributed by atoms with Crippen molar-refractivity contribution in [1.82, 2.24) is 10.6 Å². The molecule has 0 fully saturated rings. The van der Waals surface area contributed by atoms with Gasteiger partial charge in [0.25, 0.3) is 0 Å². The average Bonchev–Trinajstić information content (AvgIpc) is 2.65. The predicted octanol–water partition coefficient (Wildman–Crippen LogP) is 3.28. The molecule has 0 aliphatic carbocycles. The third kappa shape index (κ3) is 6.29. The molecule has 26 heavy (non-hydrogen) atoms. The van der Waals surface area contributed by atoms with Crippen molar-refractivity contribution in [2.45, 2.75) is 20.0 Å². The maximum atomic E-state index is 10.2. The number of para-hydroxylation sites is 1. The lowest BCUT2D eigenvalue weighted by Crippen LogP contribution is -2.36. The predicted molar refractivity (Wildman–Crippen MR) is 115 cm³/mol. The summed E-state index contributed by atoms with van der Waals surface area (Å²) in [6, 6.07) is 13.2. The molecule has 0 heterocycles. The zero-order valence-corrected chi connectivity index (χ0v) is 17.6. The zero-order valence-electron chi connectivity index (χ0n) is 15.3. The van der Waals surface area contributed by atoms with Crippen LogP contribution in [0.1, 0.15) is 18.1 Å². The molecule has 0 radical (unpaired) electrons. The molecular formula is C19H26IN3O3. The van der Waals surface area contributed by atoms with Crippen LogP contribution in [0.15, 0.2) is 47.5 Å². The third-order valence-corrected chi connectivity index (χ3v) is 3.67. The SMILES string of the molecule is CCNC(=NCc1ccc(OC)cc1)NCc1cccc(OC)c1O.I. The molecule has 142 valence electrons. The van der Waals surface area contributed by atoms with Gasteiger partial charge in [-0.25, -0.2) is 4.99 Å². The van der Waals surface area contributed by atoms with E-state index in [-0.39, 0.29) is 29.7 Å². The number of halogens is 1. The number of benzene rings is 2. The second-order valence-corrected chi connectivity index (χ2v) is 5.36. The van der Waals surface area contributed by atoms with Crippen LogP contribution in [-0.2, 0) is 13.1 Å². The van der Waals surface area contributed by atoms with E-state index < -0.39 is 0 Å². The number of hydrogen-bond acceptors (Lipinski definition) is 4. The number of ether oxygens (including phenoxy) is 2. The van der Waals surface area contributed by atoms with E-state index in [0.717, 1.165) is 23.4 Å². The van der Waals surface area contributed by atoms with Crippen LogP contribution in [0.25, 0.3) is 0 Å². The molecule has 2 aromatic rings. The molecule has 0 atom stereocenters. The molecule has 6 nitrogen and oxygen atoms in total. The first-order chi connectivity index (χ1) is 12.2. The average molecular weight is 471 g/mol. The number of nitrogens with one attached hydrogen (secondary N) is 2. The number of methoxy groups -OCH3 is 2. The van der Waals surface area contributed by atoms with Crippen LogP contribution in [0.3, 0.4) is 0 Å². The molecule has 0 unspecified atom stereocenters. The summed E-state index contributed by atoms with van der Waals surface area (Å²) in [7, 11) is 3.18. The van der Waals surface area contributed by atoms with Crippen molar-refractivity contribution in [2.24, 2.45) is 4.99 Å². The Morgan fingerprint density at radius 3 is 2.38 bits per heavy atom. The van der Waals surface area contributed by atoms with Crippen LogP contribution in [-0.4, -0.2) is 31.8 Å². The minimum Gasteiger partial charge on any atom is -0.504 e. The van der Waals surface area contributed by atoms with Crippen LogP contribution < -0.4 is 20.1 Å². The highest BCUT2D eigenvalue weighted by Gasteiger charge is 2.07. The summed E-state index contributed by atoms with van der Waals surface area (Å²) in [5, 5.41) is 16.6. The summed E-state index contributed by atoms with van der Waals surface area (Å²) in [5.41, 5.74) is 1.83. The highest BCUT2D eigenvalue weighted by atomic mass is 127. The van der Waals surface area contributed by atoms with Crippen molar-refractivity contribution >= 4 is 29.9 Å². The van der Waals surface area contributed by atoms with Gasteiger partial charge < -0.3 is 25.2 Å². The van der Waals surface area contributed by atoms with Crippen molar-refractivity contribution in [1.29, 1.82) is 0 Å². The molecule has 0 bridgehead atoms. The summed E-state index contributed by atoms with van der Waals surface area (Å²) < 4.78 is 10.3. The van der Waals surface area contributed by atoms with E-state index in [1.807, 2.05) is 43.3 Å². The van der Waals surface area contributed by atoms with Gasteiger partial charge >= 0.3 is 0 Å². The molecule has 0 saturated heterocycles. The van der Waals surface area contributed by atoms with Gasteiger partial charge in [-0.15, -0.1) is 24.0 Å². The molecule has 0 aromatic heterocycles. The Morgan fingerprint density at radius 2 is 1.77 bits per heavy atom. The highest BCUT2D eigenvalue weighted by molar-refractivity contribution is 14.0. The fourth-order valence-electron chi connectivity index (χ4n) is 2.30. The Labute approximate surface area is 171 Å². The largest absolute Gasteiger partial charge is 0.504 e. The van der Waals surface area contributed by atoms with Crippen molar-refractivity contribution in [3.8, 4) is 17.2 Å². The van der Waals surface area contributed by atoms with Crippen LogP contribution in [0, 0.1) is 0 Å². The number of aliphatic imine (C=N–C) groups is 1. The van der Waals surface area contributed by atoms with E-state index in [0.29, 0.717) is 24.8 Å². The monoisotopic (exact) mass is 471 g/mol. The van der Waals surface area contributed by atoms with Gasteiger partial charge in [-0.3, -0.25) is 0 Å². The summed E-state index contributed by atoms with van der Waals surface area (Å²) >= 11 is 0. The molecule has 0 saturated carbocycles. The van der Waals surface area contributed by atoms with Crippen LogP contribution in [0.4, 0.5) is 0 Å². The molecule has 0 aliphatic rings. The van der Waals surface area contributed by atoms with Gasteiger partial charge in [-0.2, -0.15) is 0 Å². The van der Waals surface area contributed by atoms with Crippen LogP contribution in [0.5, 0.6) is 17.2 Å². The second kappa shape index (κ2) is 11.5. The van der Waals surface area contributed by atoms with E-state index >= 15 is 0 Å². The maximum Gasteiger partial charge on any atom is 0.191 e. The smallest absolute Gasteiger partial charge is 0.191 e. The van der Waals surface area contributed by atoms with Crippen molar-refractivity contribution in [3.63, 3.8) is 0 Å². The van der Waals surface area contributed by atoms with Gasteiger partial charge in [0.1, 0.15) is 5.75 Å². The van der Waals surface area contributed by atoms with Gasteiger partial charge in [-0.1, -0.05) is 24.3 Å². The van der Waals surface area contributed by atoms with Gasteiger partial charge in [0.15, 0.2) is 17.5 Å². The number of hydrogen-bond donors (Lipinski definition) is 3. The van der Waals surface area contributed by atoms with Crippen LogP contribution in [0.2, 0.25) is 0 Å². The summed E-state index contributed by atoms with van der Waals surface area (Å²) in [6.45, 7) is 3.74. The summed E-state index contributed by atoms with van der Waals surface area (Å²) in [4.78, 5) is 4.57. The van der Waals surface area contributed by atoms with E-state index in [4.69, 9.17) is 9.47 Å². The fraction of sp³-hybridized carbons (Fsp3) is 0.316. The normalized spacial score (nSPS) is 10.7. The first-order valence-electron chi connectivity index (χ1n) is 8.17. The van der Waals surface area contributed by atoms with E-state index in [2.05, 4.69) is 15.6 Å². The lowest BCUT2D eigenvalue weighted by atomic mass is 10.2. The summed E-state index contributed by atoms with van der Waals surface area (Å²) in [5.74, 6) is 2.11. The van der Waals surface area contributed by atoms with Crippen molar-refractivity contribution < 1.29 is 14.6 Å². The molecule has 0 amide bonds. The molecule has 7 heteroatoms. The molecule has 0 spiro atoms. The minimum atomic E-state index is 0. The minimum absolute atomic E-state index is 0. The van der Waals surface area contributed by atoms with E-state index in [1.165, 1.54) is 7.11 Å². The molecule has 3 N–H and O–H groups in total. The van der Waals surface area contributed by atoms with Crippen molar-refractivity contribution in [2.75, 3.05) is 20.8 Å². The Morgan fingerprint density at radius 1 is 1.04 bits per heavy atom. The lowest BCUT2D eigenvalue weighted by molar-refractivity contribution is 0.370. The zero-order chi connectivity index (χ0) is 18.1. The van der Waals surface area contributed by atoms with Crippen molar-refractivity contribution in [3.05, 3.63) is 53.6 Å². The van der Waals surface area contributed by atoms with Crippen LogP contribution >= 0.6 is 24.0 Å². The maximum absolute atomic E-state index is 10.2. The first-order valence-corrected chi connectivity index (χ1v) is 8.17.